The highest BCUT2D eigenvalue weighted by Crippen LogP contribution is 2.31. The van der Waals surface area contributed by atoms with Crippen molar-refractivity contribution in [1.82, 2.24) is 20.1 Å². The van der Waals surface area contributed by atoms with Gasteiger partial charge in [0.15, 0.2) is 5.16 Å². The van der Waals surface area contributed by atoms with Crippen molar-refractivity contribution < 1.29 is 9.53 Å². The van der Waals surface area contributed by atoms with E-state index in [1.54, 1.807) is 0 Å². The molecule has 5 rings (SSSR count). The van der Waals surface area contributed by atoms with Crippen molar-refractivity contribution in [2.24, 2.45) is 0 Å². The second-order valence-electron chi connectivity index (χ2n) is 7.82. The minimum Gasteiger partial charge on any atom is -0.493 e. The number of carbonyl (C=O) groups excluding carboxylic acids is 1. The Balaban J connectivity index is 1.32. The zero-order valence-corrected chi connectivity index (χ0v) is 18.9. The molecule has 1 amide bonds. The van der Waals surface area contributed by atoms with Gasteiger partial charge in [0.2, 0.25) is 5.91 Å². The highest BCUT2D eigenvalue weighted by Gasteiger charge is 2.23. The zero-order chi connectivity index (χ0) is 22.5. The average Bonchev–Trinajstić information content (AvgIpc) is 3.26. The highest BCUT2D eigenvalue weighted by molar-refractivity contribution is 7.99. The molecule has 0 unspecified atom stereocenters. The van der Waals surface area contributed by atoms with Gasteiger partial charge in [0.25, 0.3) is 0 Å². The lowest BCUT2D eigenvalue weighted by Crippen LogP contribution is -2.33. The summed E-state index contributed by atoms with van der Waals surface area (Å²) in [6.45, 7) is 0.598. The molecule has 0 spiro atoms. The molecule has 33 heavy (non-hydrogen) atoms. The van der Waals surface area contributed by atoms with Crippen LogP contribution in [0.3, 0.4) is 0 Å². The van der Waals surface area contributed by atoms with Gasteiger partial charge in [-0.25, -0.2) is 0 Å². The lowest BCUT2D eigenvalue weighted by molar-refractivity contribution is -0.119. The number of nitrogens with one attached hydrogen (secondary N) is 1. The Kier molecular flexibility index (Phi) is 6.39. The highest BCUT2D eigenvalue weighted by atomic mass is 32.2. The number of thioether (sulfide) groups is 1. The minimum atomic E-state index is -0.0383. The summed E-state index contributed by atoms with van der Waals surface area (Å²) in [6, 6.07) is 28.1. The summed E-state index contributed by atoms with van der Waals surface area (Å²) in [4.78, 5) is 12.8. The number of ether oxygens (including phenoxy) is 1. The molecule has 166 valence electrons. The van der Waals surface area contributed by atoms with Gasteiger partial charge in [-0.1, -0.05) is 78.5 Å². The van der Waals surface area contributed by atoms with Crippen molar-refractivity contribution in [2.45, 2.75) is 24.0 Å². The van der Waals surface area contributed by atoms with Crippen molar-refractivity contribution in [1.29, 1.82) is 0 Å². The van der Waals surface area contributed by atoms with Crippen LogP contribution in [0.2, 0.25) is 0 Å². The van der Waals surface area contributed by atoms with Gasteiger partial charge in [-0.15, -0.1) is 10.2 Å². The summed E-state index contributed by atoms with van der Waals surface area (Å²) < 4.78 is 7.74. The second kappa shape index (κ2) is 9.92. The third-order valence-corrected chi connectivity index (χ3v) is 6.47. The van der Waals surface area contributed by atoms with Crippen LogP contribution in [0.4, 0.5) is 0 Å². The molecule has 0 bridgehead atoms. The molecule has 7 heteroatoms. The van der Waals surface area contributed by atoms with E-state index in [4.69, 9.17) is 4.74 Å². The maximum absolute atomic E-state index is 12.8. The molecule has 4 aromatic rings. The van der Waals surface area contributed by atoms with Gasteiger partial charge in [-0.3, -0.25) is 9.36 Å². The first kappa shape index (κ1) is 21.3. The molecule has 0 fully saturated rings. The van der Waals surface area contributed by atoms with E-state index in [0.717, 1.165) is 34.8 Å². The summed E-state index contributed by atoms with van der Waals surface area (Å²) in [5.41, 5.74) is 3.17. The van der Waals surface area contributed by atoms with E-state index >= 15 is 0 Å². The van der Waals surface area contributed by atoms with Crippen LogP contribution >= 0.6 is 11.8 Å². The first-order valence-electron chi connectivity index (χ1n) is 11.0. The lowest BCUT2D eigenvalue weighted by Gasteiger charge is -2.26. The predicted octanol–water partition coefficient (Wildman–Crippen LogP) is 4.59. The first-order chi connectivity index (χ1) is 16.3. The number of nitrogens with zero attached hydrogens (tertiary/aromatic N) is 3. The Labute approximate surface area is 197 Å². The molecule has 0 saturated heterocycles. The molecule has 1 aliphatic rings. The fourth-order valence-corrected chi connectivity index (χ4v) is 4.76. The van der Waals surface area contributed by atoms with Gasteiger partial charge < -0.3 is 10.1 Å². The first-order valence-corrected chi connectivity index (χ1v) is 11.9. The number of benzene rings is 3. The third-order valence-electron chi connectivity index (χ3n) is 5.55. The molecule has 3 aromatic carbocycles. The van der Waals surface area contributed by atoms with E-state index in [9.17, 15) is 4.79 Å². The van der Waals surface area contributed by atoms with Crippen molar-refractivity contribution in [3.63, 3.8) is 0 Å². The van der Waals surface area contributed by atoms with Gasteiger partial charge >= 0.3 is 0 Å². The number of carbonyl (C=O) groups is 1. The van der Waals surface area contributed by atoms with E-state index in [-0.39, 0.29) is 17.7 Å². The van der Waals surface area contributed by atoms with Crippen LogP contribution in [0.25, 0.3) is 5.69 Å². The quantitative estimate of drug-likeness (QED) is 0.412. The fraction of sp³-hybridized carbons (Fsp3) is 0.192. The summed E-state index contributed by atoms with van der Waals surface area (Å²) in [5, 5.41) is 12.7. The summed E-state index contributed by atoms with van der Waals surface area (Å²) >= 11 is 1.40. The summed E-state index contributed by atoms with van der Waals surface area (Å²) in [7, 11) is 0. The predicted molar refractivity (Wildman–Crippen MR) is 129 cm³/mol. The van der Waals surface area contributed by atoms with Crippen LogP contribution in [0.5, 0.6) is 5.75 Å². The molecule has 1 aromatic heterocycles. The number of amides is 1. The molecule has 1 atom stereocenters. The molecule has 6 nitrogen and oxygen atoms in total. The molecule has 0 aliphatic carbocycles. The Bertz CT molecular complexity index is 1230. The molecule has 0 saturated carbocycles. The Morgan fingerprint density at radius 1 is 0.970 bits per heavy atom. The summed E-state index contributed by atoms with van der Waals surface area (Å²) in [6.07, 6.45) is 1.42. The molecule has 1 N–H and O–H groups in total. The third kappa shape index (κ3) is 4.93. The monoisotopic (exact) mass is 456 g/mol. The van der Waals surface area contributed by atoms with E-state index in [1.807, 2.05) is 77.4 Å². The van der Waals surface area contributed by atoms with Gasteiger partial charge in [0, 0.05) is 24.1 Å². The number of para-hydroxylation sites is 2. The average molecular weight is 457 g/mol. The van der Waals surface area contributed by atoms with Crippen LogP contribution in [-0.4, -0.2) is 33.0 Å². The maximum atomic E-state index is 12.8. The molecular formula is C26H24N4O2S. The van der Waals surface area contributed by atoms with Crippen molar-refractivity contribution in [2.75, 3.05) is 12.4 Å². The Morgan fingerprint density at radius 2 is 1.70 bits per heavy atom. The zero-order valence-electron chi connectivity index (χ0n) is 18.1. The van der Waals surface area contributed by atoms with Crippen molar-refractivity contribution in [3.8, 4) is 11.4 Å². The summed E-state index contributed by atoms with van der Waals surface area (Å²) in [5.74, 6) is 1.91. The molecule has 1 aliphatic heterocycles. The molecule has 0 radical (unpaired) electrons. The van der Waals surface area contributed by atoms with Crippen LogP contribution in [0.1, 0.15) is 29.4 Å². The maximum Gasteiger partial charge on any atom is 0.230 e. The number of hydrogen-bond donors (Lipinski definition) is 1. The van der Waals surface area contributed by atoms with Crippen molar-refractivity contribution in [3.05, 3.63) is 102 Å². The van der Waals surface area contributed by atoms with E-state index in [0.29, 0.717) is 18.2 Å². The molecule has 2 heterocycles. The van der Waals surface area contributed by atoms with E-state index in [2.05, 4.69) is 27.6 Å². The Hall–Kier alpha value is -3.58. The fourth-order valence-electron chi connectivity index (χ4n) is 3.98. The van der Waals surface area contributed by atoms with Crippen LogP contribution < -0.4 is 10.1 Å². The van der Waals surface area contributed by atoms with Crippen molar-refractivity contribution >= 4 is 17.7 Å². The van der Waals surface area contributed by atoms with Crippen LogP contribution in [0, 0.1) is 0 Å². The number of hydrogen-bond acceptors (Lipinski definition) is 5. The van der Waals surface area contributed by atoms with Gasteiger partial charge in [-0.05, 0) is 23.8 Å². The standard InChI is InChI=1S/C26H24N4O2S/c31-25(27-22-15-16-32-23-14-8-7-13-21(22)23)18-33-26-29-28-24(17-19-9-3-1-4-10-19)30(26)20-11-5-2-6-12-20/h1-14,22H,15-18H2,(H,27,31)/t22-/m0/s1. The van der Waals surface area contributed by atoms with Gasteiger partial charge in [-0.2, -0.15) is 0 Å². The number of aromatic nitrogens is 3. The topological polar surface area (TPSA) is 69.0 Å². The van der Waals surface area contributed by atoms with Crippen LogP contribution in [-0.2, 0) is 11.2 Å². The second-order valence-corrected chi connectivity index (χ2v) is 8.76. The Morgan fingerprint density at radius 3 is 2.52 bits per heavy atom. The minimum absolute atomic E-state index is 0.0334. The smallest absolute Gasteiger partial charge is 0.230 e. The molecular weight excluding hydrogens is 432 g/mol. The number of fused-ring (bicyclic) bond motifs is 1. The SMILES string of the molecule is O=C(CSc1nnc(Cc2ccccc2)n1-c1ccccc1)N[C@H]1CCOc2ccccc21. The number of rotatable bonds is 7. The van der Waals surface area contributed by atoms with E-state index in [1.165, 1.54) is 11.8 Å². The van der Waals surface area contributed by atoms with Gasteiger partial charge in [0.1, 0.15) is 11.6 Å². The normalized spacial score (nSPS) is 14.8. The van der Waals surface area contributed by atoms with Gasteiger partial charge in [0.05, 0.1) is 18.4 Å². The largest absolute Gasteiger partial charge is 0.493 e. The van der Waals surface area contributed by atoms with Crippen LogP contribution in [0.15, 0.2) is 90.1 Å². The lowest BCUT2D eigenvalue weighted by atomic mass is 10.0. The van der Waals surface area contributed by atoms with E-state index < -0.39 is 0 Å².